The number of nitrogens with zero attached hydrogens (tertiary/aromatic N) is 1. The lowest BCUT2D eigenvalue weighted by Crippen LogP contribution is -2.46. The first kappa shape index (κ1) is 20.5. The van der Waals surface area contributed by atoms with Crippen molar-refractivity contribution in [3.05, 3.63) is 23.8 Å². The maximum atomic E-state index is 12.2. The Balaban J connectivity index is 1.85. The van der Waals surface area contributed by atoms with E-state index in [2.05, 4.69) is 29.4 Å². The first-order chi connectivity index (χ1) is 12.7. The van der Waals surface area contributed by atoms with Gasteiger partial charge in [-0.05, 0) is 50.2 Å². The Morgan fingerprint density at radius 3 is 2.73 bits per heavy atom. The van der Waals surface area contributed by atoms with Crippen molar-refractivity contribution < 1.29 is 14.3 Å². The van der Waals surface area contributed by atoms with Crippen molar-refractivity contribution in [2.24, 2.45) is 0 Å². The maximum Gasteiger partial charge on any atom is 0.237 e. The summed E-state index contributed by atoms with van der Waals surface area (Å²) in [6.07, 6.45) is 3.17. The van der Waals surface area contributed by atoms with Crippen LogP contribution in [0.4, 0.5) is 0 Å². The third kappa shape index (κ3) is 6.18. The van der Waals surface area contributed by atoms with E-state index in [-0.39, 0.29) is 11.9 Å². The van der Waals surface area contributed by atoms with Gasteiger partial charge < -0.3 is 25.0 Å². The molecule has 0 aromatic heterocycles. The summed E-state index contributed by atoms with van der Waals surface area (Å²) in [5.74, 6) is 1.51. The van der Waals surface area contributed by atoms with Crippen LogP contribution in [0.2, 0.25) is 0 Å². The standard InChI is InChI=1S/C20H33N3O3/c1-4-23(5-2)12-13-26-18-10-9-16(14-19(18)25-3)15-22-20(24)17-8-6-7-11-21-17/h9-10,14,17,21H,4-8,11-13,15H2,1-3H3,(H,22,24). The summed E-state index contributed by atoms with van der Waals surface area (Å²) in [5.41, 5.74) is 1.00. The number of amides is 1. The molecule has 1 fully saturated rings. The fourth-order valence-corrected chi connectivity index (χ4v) is 3.15. The van der Waals surface area contributed by atoms with Crippen molar-refractivity contribution in [1.29, 1.82) is 0 Å². The van der Waals surface area contributed by atoms with Crippen molar-refractivity contribution in [3.8, 4) is 11.5 Å². The highest BCUT2D eigenvalue weighted by molar-refractivity contribution is 5.81. The molecule has 1 heterocycles. The lowest BCUT2D eigenvalue weighted by Gasteiger charge is -2.22. The predicted octanol–water partition coefficient (Wildman–Crippen LogP) is 2.17. The normalized spacial score (nSPS) is 17.2. The fraction of sp³-hybridized carbons (Fsp3) is 0.650. The molecule has 1 aliphatic heterocycles. The van der Waals surface area contributed by atoms with Gasteiger partial charge in [-0.25, -0.2) is 0 Å². The Kier molecular flexibility index (Phi) is 8.71. The number of methoxy groups -OCH3 is 1. The zero-order chi connectivity index (χ0) is 18.8. The minimum atomic E-state index is -0.0617. The average molecular weight is 364 g/mol. The van der Waals surface area contributed by atoms with Gasteiger partial charge in [0.15, 0.2) is 11.5 Å². The number of piperidine rings is 1. The largest absolute Gasteiger partial charge is 0.493 e. The van der Waals surface area contributed by atoms with Crippen molar-refractivity contribution in [2.75, 3.05) is 39.9 Å². The number of hydrogen-bond donors (Lipinski definition) is 2. The topological polar surface area (TPSA) is 62.8 Å². The third-order valence-electron chi connectivity index (χ3n) is 4.88. The average Bonchev–Trinajstić information content (AvgIpc) is 2.70. The van der Waals surface area contributed by atoms with Gasteiger partial charge in [-0.15, -0.1) is 0 Å². The number of rotatable bonds is 10. The number of ether oxygens (including phenoxy) is 2. The molecule has 0 bridgehead atoms. The molecule has 0 spiro atoms. The lowest BCUT2D eigenvalue weighted by molar-refractivity contribution is -0.123. The van der Waals surface area contributed by atoms with Crippen molar-refractivity contribution in [2.45, 2.75) is 45.7 Å². The fourth-order valence-electron chi connectivity index (χ4n) is 3.15. The molecule has 0 radical (unpaired) electrons. The molecule has 0 saturated carbocycles. The molecular weight excluding hydrogens is 330 g/mol. The zero-order valence-electron chi connectivity index (χ0n) is 16.3. The van der Waals surface area contributed by atoms with E-state index >= 15 is 0 Å². The Labute approximate surface area is 157 Å². The van der Waals surface area contributed by atoms with E-state index in [9.17, 15) is 4.79 Å². The number of hydrogen-bond acceptors (Lipinski definition) is 5. The number of likely N-dealkylation sites (N-methyl/N-ethyl adjacent to an activating group) is 1. The molecule has 1 unspecified atom stereocenters. The van der Waals surface area contributed by atoms with Crippen LogP contribution in [-0.4, -0.2) is 56.7 Å². The molecule has 6 heteroatoms. The third-order valence-corrected chi connectivity index (χ3v) is 4.88. The van der Waals surface area contributed by atoms with Gasteiger partial charge in [0, 0.05) is 13.1 Å². The molecule has 1 aromatic rings. The van der Waals surface area contributed by atoms with Crippen molar-refractivity contribution in [1.82, 2.24) is 15.5 Å². The monoisotopic (exact) mass is 363 g/mol. The van der Waals surface area contributed by atoms with Crippen LogP contribution in [0.5, 0.6) is 11.5 Å². The molecule has 1 aromatic carbocycles. The molecule has 1 atom stereocenters. The highest BCUT2D eigenvalue weighted by atomic mass is 16.5. The van der Waals surface area contributed by atoms with Crippen LogP contribution in [0.1, 0.15) is 38.7 Å². The van der Waals surface area contributed by atoms with E-state index in [4.69, 9.17) is 9.47 Å². The van der Waals surface area contributed by atoms with Gasteiger partial charge in [0.05, 0.1) is 13.2 Å². The second-order valence-corrected chi connectivity index (χ2v) is 6.58. The highest BCUT2D eigenvalue weighted by Crippen LogP contribution is 2.28. The van der Waals surface area contributed by atoms with Gasteiger partial charge in [0.1, 0.15) is 6.61 Å². The van der Waals surface area contributed by atoms with Crippen LogP contribution in [0.3, 0.4) is 0 Å². The second-order valence-electron chi connectivity index (χ2n) is 6.58. The molecule has 1 amide bonds. The molecule has 1 aliphatic rings. The predicted molar refractivity (Wildman–Crippen MR) is 104 cm³/mol. The van der Waals surface area contributed by atoms with Crippen molar-refractivity contribution in [3.63, 3.8) is 0 Å². The summed E-state index contributed by atoms with van der Waals surface area (Å²) in [6.45, 7) is 9.27. The second kappa shape index (κ2) is 11.0. The molecule has 2 N–H and O–H groups in total. The minimum Gasteiger partial charge on any atom is -0.493 e. The summed E-state index contributed by atoms with van der Waals surface area (Å²) < 4.78 is 11.3. The van der Waals surface area contributed by atoms with Crippen LogP contribution in [0.25, 0.3) is 0 Å². The highest BCUT2D eigenvalue weighted by Gasteiger charge is 2.20. The van der Waals surface area contributed by atoms with Crippen molar-refractivity contribution >= 4 is 5.91 Å². The molecular formula is C20H33N3O3. The van der Waals surface area contributed by atoms with Crippen LogP contribution < -0.4 is 20.1 Å². The van der Waals surface area contributed by atoms with E-state index in [1.807, 2.05) is 18.2 Å². The lowest BCUT2D eigenvalue weighted by atomic mass is 10.0. The first-order valence-corrected chi connectivity index (χ1v) is 9.71. The Morgan fingerprint density at radius 2 is 2.08 bits per heavy atom. The molecule has 6 nitrogen and oxygen atoms in total. The van der Waals surface area contributed by atoms with Crippen LogP contribution in [-0.2, 0) is 11.3 Å². The summed E-state index contributed by atoms with van der Waals surface area (Å²) in [7, 11) is 1.64. The van der Waals surface area contributed by atoms with E-state index in [0.717, 1.165) is 56.8 Å². The van der Waals surface area contributed by atoms with Gasteiger partial charge in [0.25, 0.3) is 0 Å². The van der Waals surface area contributed by atoms with E-state index in [1.54, 1.807) is 7.11 Å². The quantitative estimate of drug-likeness (QED) is 0.667. The molecule has 2 rings (SSSR count). The minimum absolute atomic E-state index is 0.0617. The number of benzene rings is 1. The van der Waals surface area contributed by atoms with E-state index in [0.29, 0.717) is 18.9 Å². The SMILES string of the molecule is CCN(CC)CCOc1ccc(CNC(=O)C2CCCCN2)cc1OC. The Bertz CT molecular complexity index is 555. The van der Waals surface area contributed by atoms with Crippen LogP contribution in [0.15, 0.2) is 18.2 Å². The first-order valence-electron chi connectivity index (χ1n) is 9.71. The molecule has 26 heavy (non-hydrogen) atoms. The van der Waals surface area contributed by atoms with E-state index in [1.165, 1.54) is 0 Å². The summed E-state index contributed by atoms with van der Waals surface area (Å²) >= 11 is 0. The Hall–Kier alpha value is -1.79. The van der Waals surface area contributed by atoms with Gasteiger partial charge in [-0.1, -0.05) is 26.3 Å². The zero-order valence-corrected chi connectivity index (χ0v) is 16.3. The summed E-state index contributed by atoms with van der Waals surface area (Å²) in [5, 5.41) is 6.28. The summed E-state index contributed by atoms with van der Waals surface area (Å²) in [4.78, 5) is 14.5. The molecule has 0 aliphatic carbocycles. The number of carbonyl (C=O) groups is 1. The number of nitrogens with one attached hydrogen (secondary N) is 2. The summed E-state index contributed by atoms with van der Waals surface area (Å²) in [6, 6.07) is 5.76. The van der Waals surface area contributed by atoms with Crippen LogP contribution >= 0.6 is 0 Å². The number of carbonyl (C=O) groups excluding carboxylic acids is 1. The smallest absolute Gasteiger partial charge is 0.237 e. The molecule has 146 valence electrons. The maximum absolute atomic E-state index is 12.2. The van der Waals surface area contributed by atoms with Gasteiger partial charge in [-0.3, -0.25) is 4.79 Å². The van der Waals surface area contributed by atoms with Gasteiger partial charge >= 0.3 is 0 Å². The Morgan fingerprint density at radius 1 is 1.27 bits per heavy atom. The van der Waals surface area contributed by atoms with Crippen LogP contribution in [0, 0.1) is 0 Å². The van der Waals surface area contributed by atoms with Gasteiger partial charge in [-0.2, -0.15) is 0 Å². The van der Waals surface area contributed by atoms with Gasteiger partial charge in [0.2, 0.25) is 5.91 Å². The molecule has 1 saturated heterocycles. The van der Waals surface area contributed by atoms with E-state index < -0.39 is 0 Å².